The van der Waals surface area contributed by atoms with E-state index in [1.165, 1.54) is 6.92 Å². The summed E-state index contributed by atoms with van der Waals surface area (Å²) in [5, 5.41) is -0.667. The number of piperidine rings is 1. The zero-order valence-electron chi connectivity index (χ0n) is 28.6. The second-order valence-corrected chi connectivity index (χ2v) is 6.02. The lowest BCUT2D eigenvalue weighted by Crippen LogP contribution is -2.44. The lowest BCUT2D eigenvalue weighted by molar-refractivity contribution is 0.0389. The Balaban J connectivity index is 2.16. The number of aromatic nitrogens is 1. The quantitative estimate of drug-likeness (QED) is 0.626. The molecule has 2 aromatic rings. The van der Waals surface area contributed by atoms with E-state index in [-0.39, 0.29) is 5.56 Å². The maximum Gasteiger partial charge on any atom is 0.253 e. The van der Waals surface area contributed by atoms with E-state index in [9.17, 15) is 9.18 Å². The SMILES string of the molecule is [2H]C([2H])(C)c1ccc(C([2H])([2H])CC([2H])([2H])C2(F)C([2H])([2H])C([2H])([2H])N(C(=O)c3ccc(F)c(Cl)c3)C([2H])([2H])C2([2H])[2H])nc1. The predicted octanol–water partition coefficient (Wildman–Crippen LogP) is 5.40. The zero-order valence-corrected chi connectivity index (χ0v) is 15.4. The summed E-state index contributed by atoms with van der Waals surface area (Å²) in [5.41, 5.74) is -6.07. The first-order valence-corrected chi connectivity index (χ1v) is 8.45. The topological polar surface area (TPSA) is 33.2 Å². The Morgan fingerprint density at radius 3 is 2.71 bits per heavy atom. The number of alkyl halides is 1. The highest BCUT2D eigenvalue weighted by atomic mass is 35.5. The molecule has 0 unspecified atom stereocenters. The molecule has 6 heteroatoms. The molecule has 150 valence electrons. The predicted molar refractivity (Wildman–Crippen MR) is 107 cm³/mol. The minimum absolute atomic E-state index is 0.0144. The Hall–Kier alpha value is -2.01. The summed E-state index contributed by atoms with van der Waals surface area (Å²) in [6, 6.07) is 4.12. The van der Waals surface area contributed by atoms with Crippen LogP contribution in [0.3, 0.4) is 0 Å². The molecule has 28 heavy (non-hydrogen) atoms. The molecule has 0 radical (unpaired) electrons. The maximum atomic E-state index is 17.1. The molecule has 1 aliphatic rings. The smallest absolute Gasteiger partial charge is 0.253 e. The van der Waals surface area contributed by atoms with Crippen molar-refractivity contribution >= 4 is 17.5 Å². The summed E-state index contributed by atoms with van der Waals surface area (Å²) in [5.74, 6) is -2.77. The molecule has 1 saturated heterocycles. The van der Waals surface area contributed by atoms with Gasteiger partial charge in [-0.2, -0.15) is 0 Å². The third-order valence-corrected chi connectivity index (χ3v) is 3.99. The van der Waals surface area contributed by atoms with Gasteiger partial charge in [0.1, 0.15) is 11.5 Å². The highest BCUT2D eigenvalue weighted by Crippen LogP contribution is 2.32. The molecule has 0 aliphatic carbocycles. The van der Waals surface area contributed by atoms with Gasteiger partial charge in [-0.3, -0.25) is 9.78 Å². The second kappa shape index (κ2) is 8.99. The first-order valence-electron chi connectivity index (χ1n) is 15.1. The third-order valence-electron chi connectivity index (χ3n) is 3.70. The van der Waals surface area contributed by atoms with Gasteiger partial charge in [0, 0.05) is 49.6 Å². The van der Waals surface area contributed by atoms with Crippen LogP contribution < -0.4 is 0 Å². The van der Waals surface area contributed by atoms with Crippen LogP contribution in [0.5, 0.6) is 0 Å². The summed E-state index contributed by atoms with van der Waals surface area (Å²) < 4.78 is 146. The van der Waals surface area contributed by atoms with Crippen LogP contribution in [0, 0.1) is 5.82 Å². The molecule has 1 aromatic heterocycles. The number of carbonyl (C=O) groups is 1. The van der Waals surface area contributed by atoms with Crippen LogP contribution in [0.1, 0.15) is 73.3 Å². The van der Waals surface area contributed by atoms with Crippen LogP contribution in [-0.4, -0.2) is 34.5 Å². The molecule has 2 heterocycles. The van der Waals surface area contributed by atoms with Gasteiger partial charge in [0.2, 0.25) is 0 Å². The largest absolute Gasteiger partial charge is 0.338 e. The second-order valence-electron chi connectivity index (χ2n) is 5.61. The molecule has 1 aliphatic heterocycles. The van der Waals surface area contributed by atoms with Crippen LogP contribution in [0.25, 0.3) is 0 Å². The van der Waals surface area contributed by atoms with Gasteiger partial charge in [-0.25, -0.2) is 8.78 Å². The minimum Gasteiger partial charge on any atom is -0.338 e. The number of likely N-dealkylation sites (tertiary alicyclic amines) is 1. The van der Waals surface area contributed by atoms with Crippen LogP contribution in [0.4, 0.5) is 8.78 Å². The van der Waals surface area contributed by atoms with Gasteiger partial charge >= 0.3 is 0 Å². The van der Waals surface area contributed by atoms with E-state index in [1.807, 2.05) is 0 Å². The molecule has 1 amide bonds. The van der Waals surface area contributed by atoms with Crippen molar-refractivity contribution in [3.8, 4) is 0 Å². The summed E-state index contributed by atoms with van der Waals surface area (Å²) in [7, 11) is 0. The summed E-state index contributed by atoms with van der Waals surface area (Å²) >= 11 is 5.65. The average Bonchev–Trinajstić information content (AvgIpc) is 2.82. The molecule has 3 nitrogen and oxygen atoms in total. The molecule has 0 bridgehead atoms. The number of aryl methyl sites for hydroxylation is 2. The Kier molecular flexibility index (Phi) is 2.96. The van der Waals surface area contributed by atoms with Crippen molar-refractivity contribution in [2.75, 3.05) is 13.0 Å². The number of hydrogen-bond acceptors (Lipinski definition) is 2. The van der Waals surface area contributed by atoms with Crippen molar-refractivity contribution in [3.05, 3.63) is 64.2 Å². The lowest BCUT2D eigenvalue weighted by atomic mass is 9.87. The molecular weight excluding hydrogens is 382 g/mol. The van der Waals surface area contributed by atoms with E-state index in [4.69, 9.17) is 30.8 Å². The molecule has 0 saturated carbocycles. The van der Waals surface area contributed by atoms with Crippen molar-refractivity contribution < 1.29 is 32.8 Å². The Bertz CT molecular complexity index is 1350. The van der Waals surface area contributed by atoms with E-state index in [0.717, 1.165) is 24.4 Å². The first kappa shape index (κ1) is 9.21. The third kappa shape index (κ3) is 5.07. The van der Waals surface area contributed by atoms with E-state index < -0.39 is 89.9 Å². The average molecular weight is 421 g/mol. The van der Waals surface area contributed by atoms with Crippen LogP contribution in [0.15, 0.2) is 36.5 Å². The number of halogens is 3. The van der Waals surface area contributed by atoms with Gasteiger partial charge < -0.3 is 4.90 Å². The van der Waals surface area contributed by atoms with Crippen LogP contribution in [-0.2, 0) is 12.7 Å². The normalized spacial score (nSPS) is 32.4. The fourth-order valence-corrected chi connectivity index (χ4v) is 2.36. The van der Waals surface area contributed by atoms with Gasteiger partial charge in [0.05, 0.1) is 5.02 Å². The van der Waals surface area contributed by atoms with Crippen molar-refractivity contribution in [2.45, 2.75) is 50.9 Å². The molecule has 0 N–H and O–H groups in total. The maximum absolute atomic E-state index is 17.1. The number of carbonyl (C=O) groups excluding carboxylic acids is 1. The Morgan fingerprint density at radius 2 is 2.11 bits per heavy atom. The Morgan fingerprint density at radius 1 is 1.36 bits per heavy atom. The molecule has 1 aromatic carbocycles. The van der Waals surface area contributed by atoms with E-state index >= 15 is 4.39 Å². The summed E-state index contributed by atoms with van der Waals surface area (Å²) in [6.45, 7) is -7.05. The van der Waals surface area contributed by atoms with Crippen molar-refractivity contribution in [1.29, 1.82) is 0 Å². The van der Waals surface area contributed by atoms with Crippen LogP contribution in [0.2, 0.25) is 5.02 Å². The molecule has 3 rings (SSSR count). The zero-order chi connectivity index (χ0) is 32.7. The van der Waals surface area contributed by atoms with Crippen molar-refractivity contribution in [2.24, 2.45) is 0 Å². The number of benzene rings is 1. The molecule has 1 fully saturated rings. The standard InChI is InChI=1S/C22H25ClF2N2O/c1-2-16-5-7-18(26-15-16)4-3-9-22(25)10-12-27(13-11-22)21(28)17-6-8-20(24)19(23)14-17/h5-8,14-15H,2-4,9-13H2,1H3/i2D2,4D2,9D2,10D2,11D2,12D2,13D2. The van der Waals surface area contributed by atoms with E-state index in [0.29, 0.717) is 12.1 Å². The first-order chi connectivity index (χ1) is 18.6. The van der Waals surface area contributed by atoms with Gasteiger partial charge in [0.15, 0.2) is 0 Å². The van der Waals surface area contributed by atoms with Crippen molar-refractivity contribution in [3.63, 3.8) is 0 Å². The minimum atomic E-state index is -4.80. The number of rotatable bonds is 6. The Labute approximate surface area is 189 Å². The number of hydrogen-bond donors (Lipinski definition) is 0. The van der Waals surface area contributed by atoms with Gasteiger partial charge in [0.25, 0.3) is 5.91 Å². The highest BCUT2D eigenvalue weighted by Gasteiger charge is 2.35. The molecular formula is C22H25ClF2N2O. The fraction of sp³-hybridized carbons (Fsp3) is 0.455. The summed E-state index contributed by atoms with van der Waals surface area (Å²) in [6.07, 6.45) is -18.4. The van der Waals surface area contributed by atoms with E-state index in [1.54, 1.807) is 0 Å². The molecule has 0 atom stereocenters. The lowest BCUT2D eigenvalue weighted by Gasteiger charge is -2.36. The highest BCUT2D eigenvalue weighted by molar-refractivity contribution is 6.31. The number of pyridine rings is 1. The molecule has 0 spiro atoms. The number of nitrogens with zero attached hydrogens (tertiary/aromatic N) is 2. The van der Waals surface area contributed by atoms with Gasteiger partial charge in [-0.05, 0) is 68.1 Å². The van der Waals surface area contributed by atoms with Gasteiger partial charge in [-0.1, -0.05) is 24.6 Å². The monoisotopic (exact) mass is 420 g/mol. The van der Waals surface area contributed by atoms with Crippen LogP contribution >= 0.6 is 11.6 Å². The number of amides is 1. The van der Waals surface area contributed by atoms with Crippen molar-refractivity contribution in [1.82, 2.24) is 9.88 Å². The van der Waals surface area contributed by atoms with Gasteiger partial charge in [-0.15, -0.1) is 0 Å². The summed E-state index contributed by atoms with van der Waals surface area (Å²) in [4.78, 5) is 16.4. The van der Waals surface area contributed by atoms with E-state index in [2.05, 4.69) is 4.98 Å². The fourth-order valence-electron chi connectivity index (χ4n) is 2.18.